The van der Waals surface area contributed by atoms with E-state index >= 15 is 0 Å². The molecule has 3 rings (SSSR count). The van der Waals surface area contributed by atoms with E-state index in [1.807, 2.05) is 17.5 Å². The number of aromatic amines is 1. The summed E-state index contributed by atoms with van der Waals surface area (Å²) in [7, 11) is 0. The van der Waals surface area contributed by atoms with Gasteiger partial charge in [0.2, 0.25) is 16.9 Å². The van der Waals surface area contributed by atoms with E-state index in [0.717, 1.165) is 47.3 Å². The number of thioether (sulfide) groups is 1. The largest absolute Gasteiger partial charge is 0.339 e. The highest BCUT2D eigenvalue weighted by molar-refractivity contribution is 7.99. The molecule has 0 amide bonds. The first-order valence-electron chi connectivity index (χ1n) is 7.25. The summed E-state index contributed by atoms with van der Waals surface area (Å²) in [5, 5.41) is 14.0. The fourth-order valence-corrected chi connectivity index (χ4v) is 3.35. The first-order valence-corrected chi connectivity index (χ1v) is 9.12. The van der Waals surface area contributed by atoms with Crippen molar-refractivity contribution in [3.63, 3.8) is 0 Å². The molecule has 0 aromatic carbocycles. The Morgan fingerprint density at radius 2 is 2.27 bits per heavy atom. The molecule has 0 saturated carbocycles. The van der Waals surface area contributed by atoms with Gasteiger partial charge in [0.05, 0.1) is 4.88 Å². The molecule has 0 saturated heterocycles. The van der Waals surface area contributed by atoms with Gasteiger partial charge in [0.25, 0.3) is 0 Å². The van der Waals surface area contributed by atoms with Crippen LogP contribution in [0.5, 0.6) is 0 Å². The van der Waals surface area contributed by atoms with Crippen LogP contribution < -0.4 is 0 Å². The molecule has 0 fully saturated rings. The highest BCUT2D eigenvalue weighted by Gasteiger charge is 2.09. The molecule has 8 heteroatoms. The minimum absolute atomic E-state index is 0.677. The minimum Gasteiger partial charge on any atom is -0.339 e. The fraction of sp³-hybridized carbons (Fsp3) is 0.429. The van der Waals surface area contributed by atoms with Gasteiger partial charge in [-0.3, -0.25) is 5.10 Å². The second kappa shape index (κ2) is 7.55. The molecule has 0 aliphatic heterocycles. The van der Waals surface area contributed by atoms with Crippen molar-refractivity contribution in [1.29, 1.82) is 0 Å². The standard InChI is InChI=1S/C14H17N5OS2/c1-2-5-11-15-14(18-17-11)22-9-4-7-12-16-13(19-20-12)10-6-3-8-21-10/h3,6,8H,2,4-5,7,9H2,1H3,(H,15,17,18). The van der Waals surface area contributed by atoms with Crippen molar-refractivity contribution >= 4 is 23.1 Å². The number of hydrogen-bond acceptors (Lipinski definition) is 7. The summed E-state index contributed by atoms with van der Waals surface area (Å²) in [6.07, 6.45) is 3.75. The Balaban J connectivity index is 1.43. The molecular formula is C14H17N5OS2. The van der Waals surface area contributed by atoms with Gasteiger partial charge in [-0.2, -0.15) is 4.98 Å². The van der Waals surface area contributed by atoms with Gasteiger partial charge in [0, 0.05) is 18.6 Å². The second-order valence-electron chi connectivity index (χ2n) is 4.76. The first-order chi connectivity index (χ1) is 10.8. The fourth-order valence-electron chi connectivity index (χ4n) is 1.94. The topological polar surface area (TPSA) is 80.5 Å². The minimum atomic E-state index is 0.677. The number of nitrogens with one attached hydrogen (secondary N) is 1. The summed E-state index contributed by atoms with van der Waals surface area (Å²) in [5.74, 6) is 3.25. The normalized spacial score (nSPS) is 11.1. The molecule has 116 valence electrons. The van der Waals surface area contributed by atoms with E-state index in [9.17, 15) is 0 Å². The van der Waals surface area contributed by atoms with Crippen molar-refractivity contribution in [2.45, 2.75) is 37.8 Å². The van der Waals surface area contributed by atoms with E-state index in [4.69, 9.17) is 4.52 Å². The smallest absolute Gasteiger partial charge is 0.227 e. The molecule has 0 aliphatic rings. The maximum Gasteiger partial charge on any atom is 0.227 e. The van der Waals surface area contributed by atoms with Gasteiger partial charge in [-0.05, 0) is 24.3 Å². The number of aromatic nitrogens is 5. The summed E-state index contributed by atoms with van der Waals surface area (Å²) in [5.41, 5.74) is 0. The van der Waals surface area contributed by atoms with Crippen LogP contribution in [-0.2, 0) is 12.8 Å². The zero-order valence-corrected chi connectivity index (χ0v) is 13.9. The number of hydrogen-bond donors (Lipinski definition) is 1. The Bertz CT molecular complexity index is 692. The van der Waals surface area contributed by atoms with Crippen LogP contribution in [0.15, 0.2) is 27.2 Å². The lowest BCUT2D eigenvalue weighted by atomic mass is 10.3. The highest BCUT2D eigenvalue weighted by Crippen LogP contribution is 2.22. The van der Waals surface area contributed by atoms with Crippen LogP contribution in [-0.4, -0.2) is 31.1 Å². The molecule has 0 atom stereocenters. The summed E-state index contributed by atoms with van der Waals surface area (Å²) >= 11 is 3.26. The summed E-state index contributed by atoms with van der Waals surface area (Å²) in [4.78, 5) is 9.88. The third-order valence-electron chi connectivity index (χ3n) is 2.97. The van der Waals surface area contributed by atoms with Crippen molar-refractivity contribution in [3.8, 4) is 10.7 Å². The lowest BCUT2D eigenvalue weighted by Gasteiger charge is -1.94. The van der Waals surface area contributed by atoms with Gasteiger partial charge in [0.15, 0.2) is 0 Å². The quantitative estimate of drug-likeness (QED) is 0.500. The van der Waals surface area contributed by atoms with Crippen molar-refractivity contribution in [3.05, 3.63) is 29.2 Å². The van der Waals surface area contributed by atoms with Crippen molar-refractivity contribution in [2.24, 2.45) is 0 Å². The highest BCUT2D eigenvalue weighted by atomic mass is 32.2. The zero-order valence-electron chi connectivity index (χ0n) is 12.3. The number of H-pyrrole nitrogens is 1. The first kappa shape index (κ1) is 15.2. The maximum absolute atomic E-state index is 5.28. The van der Waals surface area contributed by atoms with Crippen LogP contribution in [0.3, 0.4) is 0 Å². The summed E-state index contributed by atoms with van der Waals surface area (Å²) in [6, 6.07) is 3.97. The third-order valence-corrected chi connectivity index (χ3v) is 4.77. The Morgan fingerprint density at radius 3 is 3.09 bits per heavy atom. The van der Waals surface area contributed by atoms with Gasteiger partial charge in [-0.1, -0.05) is 29.9 Å². The number of rotatable bonds is 8. The number of nitrogens with zero attached hydrogens (tertiary/aromatic N) is 4. The zero-order chi connectivity index (χ0) is 15.2. The molecule has 22 heavy (non-hydrogen) atoms. The lowest BCUT2D eigenvalue weighted by molar-refractivity contribution is 0.378. The Labute approximate surface area is 136 Å². The van der Waals surface area contributed by atoms with Gasteiger partial charge >= 0.3 is 0 Å². The molecule has 0 spiro atoms. The summed E-state index contributed by atoms with van der Waals surface area (Å²) in [6.45, 7) is 2.13. The van der Waals surface area contributed by atoms with E-state index in [-0.39, 0.29) is 0 Å². The van der Waals surface area contributed by atoms with E-state index < -0.39 is 0 Å². The van der Waals surface area contributed by atoms with E-state index in [2.05, 4.69) is 32.2 Å². The molecule has 0 bridgehead atoms. The van der Waals surface area contributed by atoms with E-state index in [0.29, 0.717) is 11.7 Å². The number of aryl methyl sites for hydroxylation is 2. The van der Waals surface area contributed by atoms with Gasteiger partial charge in [-0.15, -0.1) is 16.4 Å². The van der Waals surface area contributed by atoms with Crippen LogP contribution in [0.1, 0.15) is 31.5 Å². The van der Waals surface area contributed by atoms with Crippen LogP contribution >= 0.6 is 23.1 Å². The molecule has 3 aromatic rings. The van der Waals surface area contributed by atoms with Crippen LogP contribution in [0, 0.1) is 0 Å². The summed E-state index contributed by atoms with van der Waals surface area (Å²) < 4.78 is 5.28. The molecule has 1 N–H and O–H groups in total. The van der Waals surface area contributed by atoms with Gasteiger partial charge in [-0.25, -0.2) is 4.98 Å². The van der Waals surface area contributed by atoms with E-state index in [1.54, 1.807) is 23.1 Å². The average molecular weight is 335 g/mol. The molecule has 0 aliphatic carbocycles. The molecular weight excluding hydrogens is 318 g/mol. The SMILES string of the molecule is CCCc1nc(SCCCc2nc(-c3cccs3)no2)n[nH]1. The van der Waals surface area contributed by atoms with Crippen LogP contribution in [0.25, 0.3) is 10.7 Å². The maximum atomic E-state index is 5.28. The Morgan fingerprint density at radius 1 is 1.32 bits per heavy atom. The van der Waals surface area contributed by atoms with Crippen molar-refractivity contribution in [1.82, 2.24) is 25.3 Å². The van der Waals surface area contributed by atoms with Gasteiger partial charge < -0.3 is 4.52 Å². The lowest BCUT2D eigenvalue weighted by Crippen LogP contribution is -1.89. The third kappa shape index (κ3) is 3.95. The predicted molar refractivity (Wildman–Crippen MR) is 87.0 cm³/mol. The predicted octanol–water partition coefficient (Wildman–Crippen LogP) is 3.59. The van der Waals surface area contributed by atoms with Gasteiger partial charge in [0.1, 0.15) is 5.82 Å². The average Bonchev–Trinajstić information content (AvgIpc) is 3.25. The van der Waals surface area contributed by atoms with Crippen molar-refractivity contribution < 1.29 is 4.52 Å². The monoisotopic (exact) mass is 335 g/mol. The van der Waals surface area contributed by atoms with Crippen LogP contribution in [0.4, 0.5) is 0 Å². The number of thiophene rings is 1. The molecule has 0 radical (unpaired) electrons. The molecule has 3 heterocycles. The molecule has 6 nitrogen and oxygen atoms in total. The van der Waals surface area contributed by atoms with Crippen LogP contribution in [0.2, 0.25) is 0 Å². The van der Waals surface area contributed by atoms with E-state index in [1.165, 1.54) is 0 Å². The van der Waals surface area contributed by atoms with Crippen molar-refractivity contribution in [2.75, 3.05) is 5.75 Å². The molecule has 0 unspecified atom stereocenters. The molecule has 3 aromatic heterocycles. The Kier molecular flexibility index (Phi) is 5.23. The second-order valence-corrected chi connectivity index (χ2v) is 6.77. The Hall–Kier alpha value is -1.67.